The molecule has 2 N–H and O–H groups in total. The zero-order valence-electron chi connectivity index (χ0n) is 11.2. The lowest BCUT2D eigenvalue weighted by atomic mass is 9.93. The van der Waals surface area contributed by atoms with Crippen LogP contribution < -0.4 is 5.32 Å². The van der Waals surface area contributed by atoms with Gasteiger partial charge in [0.05, 0.1) is 0 Å². The van der Waals surface area contributed by atoms with E-state index in [2.05, 4.69) is 19.2 Å². The molecule has 5 nitrogen and oxygen atoms in total. The number of rotatable bonds is 2. The van der Waals surface area contributed by atoms with E-state index in [1.165, 1.54) is 0 Å². The van der Waals surface area contributed by atoms with E-state index in [9.17, 15) is 14.7 Å². The van der Waals surface area contributed by atoms with Gasteiger partial charge < -0.3 is 15.3 Å². The molecule has 0 aromatic rings. The molecule has 0 unspecified atom stereocenters. The Kier molecular flexibility index (Phi) is 3.25. The number of urea groups is 1. The van der Waals surface area contributed by atoms with Crippen molar-refractivity contribution in [2.24, 2.45) is 5.41 Å². The Labute approximate surface area is 108 Å². The highest BCUT2D eigenvalue weighted by Crippen LogP contribution is 2.32. The number of hydrogen-bond donors (Lipinski definition) is 2. The number of likely N-dealkylation sites (tertiary alicyclic amines) is 1. The van der Waals surface area contributed by atoms with Crippen LogP contribution in [0, 0.1) is 5.41 Å². The van der Waals surface area contributed by atoms with Crippen molar-refractivity contribution in [3.05, 3.63) is 0 Å². The molecule has 0 bridgehead atoms. The van der Waals surface area contributed by atoms with Gasteiger partial charge in [-0.2, -0.15) is 0 Å². The maximum Gasteiger partial charge on any atom is 0.329 e. The van der Waals surface area contributed by atoms with Crippen LogP contribution in [0.2, 0.25) is 0 Å². The van der Waals surface area contributed by atoms with E-state index in [-0.39, 0.29) is 11.4 Å². The van der Waals surface area contributed by atoms with Crippen molar-refractivity contribution in [2.45, 2.75) is 51.5 Å². The van der Waals surface area contributed by atoms with Crippen LogP contribution in [-0.2, 0) is 4.79 Å². The molecule has 0 radical (unpaired) electrons. The lowest BCUT2D eigenvalue weighted by Gasteiger charge is -2.29. The minimum atomic E-state index is -1.02. The van der Waals surface area contributed by atoms with E-state index in [0.29, 0.717) is 25.9 Å². The molecule has 2 fully saturated rings. The summed E-state index contributed by atoms with van der Waals surface area (Å²) in [5, 5.41) is 12.1. The maximum absolute atomic E-state index is 12.2. The first-order valence-corrected chi connectivity index (χ1v) is 6.65. The van der Waals surface area contributed by atoms with E-state index in [1.807, 2.05) is 0 Å². The third kappa shape index (κ3) is 2.44. The summed E-state index contributed by atoms with van der Waals surface area (Å²) in [5.74, 6) is -0.896. The van der Waals surface area contributed by atoms with Gasteiger partial charge in [-0.1, -0.05) is 26.7 Å². The minimum Gasteiger partial charge on any atom is -0.480 e. The fourth-order valence-corrected chi connectivity index (χ4v) is 2.94. The lowest BCUT2D eigenvalue weighted by Crippen LogP contribution is -2.56. The van der Waals surface area contributed by atoms with Crippen molar-refractivity contribution >= 4 is 12.0 Å². The number of carbonyl (C=O) groups excluding carboxylic acids is 1. The predicted octanol–water partition coefficient (Wildman–Crippen LogP) is 1.83. The zero-order valence-corrected chi connectivity index (χ0v) is 11.2. The third-order valence-corrected chi connectivity index (χ3v) is 4.18. The molecule has 1 aliphatic carbocycles. The SMILES string of the molecule is CC1(C)CCN(C(=O)NC2(C(=O)O)CCCC2)C1. The molecule has 1 heterocycles. The van der Waals surface area contributed by atoms with Crippen molar-refractivity contribution < 1.29 is 14.7 Å². The average molecular weight is 254 g/mol. The Morgan fingerprint density at radius 2 is 1.78 bits per heavy atom. The first kappa shape index (κ1) is 13.2. The highest BCUT2D eigenvalue weighted by Gasteiger charge is 2.44. The third-order valence-electron chi connectivity index (χ3n) is 4.18. The van der Waals surface area contributed by atoms with Crippen molar-refractivity contribution in [3.8, 4) is 0 Å². The summed E-state index contributed by atoms with van der Waals surface area (Å²) < 4.78 is 0. The van der Waals surface area contributed by atoms with Gasteiger partial charge in [-0.25, -0.2) is 9.59 Å². The molecule has 5 heteroatoms. The number of aliphatic carboxylic acids is 1. The standard InChI is InChI=1S/C13H22N2O3/c1-12(2)7-8-15(9-12)11(18)14-13(10(16)17)5-3-4-6-13/h3-9H2,1-2H3,(H,14,18)(H,16,17). The van der Waals surface area contributed by atoms with Crippen LogP contribution in [0.5, 0.6) is 0 Å². The molecule has 0 spiro atoms. The monoisotopic (exact) mass is 254 g/mol. The second-order valence-electron chi connectivity index (χ2n) is 6.36. The van der Waals surface area contributed by atoms with Gasteiger partial charge in [0, 0.05) is 13.1 Å². The number of carbonyl (C=O) groups is 2. The quantitative estimate of drug-likeness (QED) is 0.789. The number of amides is 2. The van der Waals surface area contributed by atoms with E-state index < -0.39 is 11.5 Å². The Balaban J connectivity index is 2.00. The molecule has 1 saturated heterocycles. The number of carboxylic acids is 1. The minimum absolute atomic E-state index is 0.142. The van der Waals surface area contributed by atoms with Gasteiger partial charge in [0.1, 0.15) is 5.54 Å². The van der Waals surface area contributed by atoms with Gasteiger partial charge in [0.2, 0.25) is 0 Å². The molecule has 102 valence electrons. The summed E-state index contributed by atoms with van der Waals surface area (Å²) in [6, 6.07) is -0.218. The van der Waals surface area contributed by atoms with Gasteiger partial charge in [-0.3, -0.25) is 0 Å². The summed E-state index contributed by atoms with van der Waals surface area (Å²) in [5.41, 5.74) is -0.882. The van der Waals surface area contributed by atoms with Crippen LogP contribution in [-0.4, -0.2) is 40.6 Å². The van der Waals surface area contributed by atoms with E-state index >= 15 is 0 Å². The predicted molar refractivity (Wildman–Crippen MR) is 67.3 cm³/mol. The largest absolute Gasteiger partial charge is 0.480 e. The summed E-state index contributed by atoms with van der Waals surface area (Å²) >= 11 is 0. The van der Waals surface area contributed by atoms with Crippen molar-refractivity contribution in [1.29, 1.82) is 0 Å². The molecule has 2 amide bonds. The molecule has 1 aliphatic heterocycles. The van der Waals surface area contributed by atoms with Crippen molar-refractivity contribution in [1.82, 2.24) is 10.2 Å². The molecule has 1 saturated carbocycles. The van der Waals surface area contributed by atoms with E-state index in [0.717, 1.165) is 19.3 Å². The Hall–Kier alpha value is -1.26. The first-order chi connectivity index (χ1) is 8.35. The van der Waals surface area contributed by atoms with Crippen molar-refractivity contribution in [3.63, 3.8) is 0 Å². The van der Waals surface area contributed by atoms with Crippen LogP contribution in [0.1, 0.15) is 46.0 Å². The molecule has 2 aliphatic rings. The van der Waals surface area contributed by atoms with Gasteiger partial charge in [0.25, 0.3) is 0 Å². The van der Waals surface area contributed by atoms with Crippen molar-refractivity contribution in [2.75, 3.05) is 13.1 Å². The van der Waals surface area contributed by atoms with Crippen LogP contribution in [0.3, 0.4) is 0 Å². The van der Waals surface area contributed by atoms with Gasteiger partial charge in [-0.15, -0.1) is 0 Å². The summed E-state index contributed by atoms with van der Waals surface area (Å²) in [7, 11) is 0. The highest BCUT2D eigenvalue weighted by atomic mass is 16.4. The van der Waals surface area contributed by atoms with Crippen LogP contribution in [0.4, 0.5) is 4.79 Å². The molecule has 0 aromatic heterocycles. The summed E-state index contributed by atoms with van der Waals surface area (Å²) in [6.07, 6.45) is 3.81. The van der Waals surface area contributed by atoms with Gasteiger partial charge in [0.15, 0.2) is 0 Å². The van der Waals surface area contributed by atoms with Gasteiger partial charge in [-0.05, 0) is 24.7 Å². The van der Waals surface area contributed by atoms with Crippen LogP contribution in [0.25, 0.3) is 0 Å². The number of hydrogen-bond acceptors (Lipinski definition) is 2. The molecular formula is C13H22N2O3. The molecule has 2 rings (SSSR count). The Morgan fingerprint density at radius 1 is 1.17 bits per heavy atom. The topological polar surface area (TPSA) is 69.6 Å². The second-order valence-corrected chi connectivity index (χ2v) is 6.36. The maximum atomic E-state index is 12.2. The zero-order chi connectivity index (χ0) is 13.4. The Morgan fingerprint density at radius 3 is 2.22 bits per heavy atom. The summed E-state index contributed by atoms with van der Waals surface area (Å²) in [4.78, 5) is 25.3. The molecule has 0 atom stereocenters. The number of carboxylic acid groups (broad SMARTS) is 1. The Bertz CT molecular complexity index is 359. The smallest absolute Gasteiger partial charge is 0.329 e. The van der Waals surface area contributed by atoms with E-state index in [1.54, 1.807) is 4.90 Å². The van der Waals surface area contributed by atoms with Gasteiger partial charge >= 0.3 is 12.0 Å². The molecular weight excluding hydrogens is 232 g/mol. The summed E-state index contributed by atoms with van der Waals surface area (Å²) in [6.45, 7) is 5.68. The average Bonchev–Trinajstić information content (AvgIpc) is 2.85. The number of nitrogens with zero attached hydrogens (tertiary/aromatic N) is 1. The number of nitrogens with one attached hydrogen (secondary N) is 1. The van der Waals surface area contributed by atoms with Crippen LogP contribution >= 0.6 is 0 Å². The highest BCUT2D eigenvalue weighted by molar-refractivity contribution is 5.86. The first-order valence-electron chi connectivity index (χ1n) is 6.65. The van der Waals surface area contributed by atoms with Crippen LogP contribution in [0.15, 0.2) is 0 Å². The fraction of sp³-hybridized carbons (Fsp3) is 0.846. The normalized spacial score (nSPS) is 25.1. The molecule has 18 heavy (non-hydrogen) atoms. The fourth-order valence-electron chi connectivity index (χ4n) is 2.94. The second kappa shape index (κ2) is 4.44. The lowest BCUT2D eigenvalue weighted by molar-refractivity contribution is -0.144. The van der Waals surface area contributed by atoms with E-state index in [4.69, 9.17) is 0 Å². The molecule has 0 aromatic carbocycles.